The SMILES string of the molecule is Cc1ccc(-c2sc(-c3sc(-c4cc5c(-c6cc(C)c(C)s6)c6sc(-c7cc(C)c(-c8cc(C)c(-c9ccc(-c%10ccc(-n%11c%12ccccc%12c%12ccccc%12%11)cc%10)s9)s8)s7)cc6c(-c6cc(C)c(C)s6)c5s4)cc3C)cc2C)s1. The minimum absolute atomic E-state index is 1.18. The van der Waals surface area contributed by atoms with Gasteiger partial charge in [-0.15, -0.1) is 113 Å². The predicted molar refractivity (Wildman–Crippen MR) is 366 cm³/mol. The highest BCUT2D eigenvalue weighted by Gasteiger charge is 2.27. The van der Waals surface area contributed by atoms with E-state index in [-0.39, 0.29) is 0 Å². The van der Waals surface area contributed by atoms with E-state index in [0.29, 0.717) is 0 Å². The summed E-state index contributed by atoms with van der Waals surface area (Å²) in [5.41, 5.74) is 15.8. The molecular formula is C69H51NS10. The summed E-state index contributed by atoms with van der Waals surface area (Å²) in [6.45, 7) is 20.5. The van der Waals surface area contributed by atoms with Crippen LogP contribution in [0.5, 0.6) is 0 Å². The van der Waals surface area contributed by atoms with Crippen LogP contribution in [-0.4, -0.2) is 4.57 Å². The van der Waals surface area contributed by atoms with E-state index in [1.807, 2.05) is 113 Å². The highest BCUT2D eigenvalue weighted by molar-refractivity contribution is 7.32. The summed E-state index contributed by atoms with van der Waals surface area (Å²) in [5, 5.41) is 5.32. The molecule has 1 nitrogen and oxygen atoms in total. The third kappa shape index (κ3) is 8.44. The molecular weight excluding hydrogens is 1160 g/mol. The lowest BCUT2D eigenvalue weighted by atomic mass is 9.99. The van der Waals surface area contributed by atoms with Gasteiger partial charge < -0.3 is 4.57 Å². The number of thiophene rings is 10. The number of hydrogen-bond acceptors (Lipinski definition) is 10. The second kappa shape index (κ2) is 19.7. The Labute approximate surface area is 506 Å². The van der Waals surface area contributed by atoms with Crippen molar-refractivity contribution < 1.29 is 0 Å². The van der Waals surface area contributed by atoms with Gasteiger partial charge in [0.15, 0.2) is 0 Å². The fourth-order valence-corrected chi connectivity index (χ4v) is 23.6. The molecule has 0 amide bonds. The van der Waals surface area contributed by atoms with Crippen molar-refractivity contribution in [2.45, 2.75) is 62.3 Å². The third-order valence-corrected chi connectivity index (χ3v) is 28.5. The Morgan fingerprint density at radius 2 is 0.675 bits per heavy atom. The molecule has 0 spiro atoms. The Balaban J connectivity index is 0.796. The van der Waals surface area contributed by atoms with E-state index in [4.69, 9.17) is 0 Å². The minimum atomic E-state index is 1.18. The van der Waals surface area contributed by atoms with Crippen LogP contribution in [0, 0.1) is 62.3 Å². The number of aromatic nitrogens is 1. The van der Waals surface area contributed by atoms with Crippen LogP contribution in [0.1, 0.15) is 48.0 Å². The van der Waals surface area contributed by atoms with Crippen LogP contribution in [0.4, 0.5) is 0 Å². The second-order valence-electron chi connectivity index (χ2n) is 21.1. The zero-order valence-electron chi connectivity index (χ0n) is 45.4. The molecule has 15 rings (SSSR count). The third-order valence-electron chi connectivity index (χ3n) is 15.7. The molecule has 11 heterocycles. The number of rotatable bonds is 10. The lowest BCUT2D eigenvalue weighted by molar-refractivity contribution is 1.18. The summed E-state index contributed by atoms with van der Waals surface area (Å²) in [7, 11) is 0. The van der Waals surface area contributed by atoms with Crippen molar-refractivity contribution in [1.29, 1.82) is 0 Å². The first-order chi connectivity index (χ1) is 38.8. The van der Waals surface area contributed by atoms with Crippen molar-refractivity contribution in [1.82, 2.24) is 4.57 Å². The monoisotopic (exact) mass is 1210 g/mol. The average molecular weight is 1210 g/mol. The number of aryl methyl sites for hydroxylation is 9. The molecule has 0 saturated heterocycles. The molecule has 15 aromatic rings. The van der Waals surface area contributed by atoms with Crippen molar-refractivity contribution in [3.63, 3.8) is 0 Å². The smallest absolute Gasteiger partial charge is 0.0541 e. The second-order valence-corrected chi connectivity index (χ2v) is 32.3. The molecule has 0 aliphatic heterocycles. The first-order valence-electron chi connectivity index (χ1n) is 26.7. The Morgan fingerprint density at radius 3 is 1.14 bits per heavy atom. The van der Waals surface area contributed by atoms with Crippen molar-refractivity contribution in [3.8, 4) is 95.5 Å². The van der Waals surface area contributed by atoms with Crippen LogP contribution < -0.4 is 0 Å². The highest BCUT2D eigenvalue weighted by atomic mass is 32.1. The standard InChI is InChI=1S/C69H51NS10/c1-34-26-58(72-41(34)8)62-47-32-56(54-28-36(3)66(75-54)60-30-38(5)64(79-60)52-23-18-40(7)71-52)77-68(47)63(59-27-35(2)42(9)73-59)48-33-57(78-69(48)62)55-29-37(4)67(76-55)61-31-39(6)65(80-61)53-25-24-51(74-53)43-19-21-44(22-20-43)70-49-16-12-10-14-45(49)46-15-11-13-17-50(46)70/h10-33H,1-9H3. The minimum Gasteiger partial charge on any atom is -0.309 e. The number of benzene rings is 4. The zero-order valence-corrected chi connectivity index (χ0v) is 53.6. The molecule has 0 aliphatic carbocycles. The van der Waals surface area contributed by atoms with E-state index in [1.165, 1.54) is 186 Å². The number of nitrogens with zero attached hydrogens (tertiary/aromatic N) is 1. The topological polar surface area (TPSA) is 4.93 Å². The van der Waals surface area contributed by atoms with Crippen LogP contribution in [0.15, 0.2) is 146 Å². The molecule has 11 aromatic heterocycles. The Kier molecular flexibility index (Phi) is 12.6. The van der Waals surface area contributed by atoms with Gasteiger partial charge in [-0.3, -0.25) is 0 Å². The van der Waals surface area contributed by atoms with Gasteiger partial charge >= 0.3 is 0 Å². The van der Waals surface area contributed by atoms with E-state index in [2.05, 4.69) is 212 Å². The molecule has 4 aromatic carbocycles. The van der Waals surface area contributed by atoms with E-state index in [0.717, 1.165) is 0 Å². The molecule has 0 radical (unpaired) electrons. The lowest BCUT2D eigenvalue weighted by Gasteiger charge is -2.09. The van der Waals surface area contributed by atoms with Gasteiger partial charge in [-0.2, -0.15) is 0 Å². The first kappa shape index (κ1) is 51.1. The Bertz CT molecular complexity index is 4750. The van der Waals surface area contributed by atoms with Crippen molar-refractivity contribution in [2.75, 3.05) is 0 Å². The van der Waals surface area contributed by atoms with Gasteiger partial charge in [-0.25, -0.2) is 0 Å². The molecule has 11 heteroatoms. The molecule has 0 saturated carbocycles. The maximum absolute atomic E-state index is 2.55. The van der Waals surface area contributed by atoms with E-state index < -0.39 is 0 Å². The molecule has 0 fully saturated rings. The van der Waals surface area contributed by atoms with Gasteiger partial charge in [0, 0.05) is 136 Å². The maximum Gasteiger partial charge on any atom is 0.0541 e. The van der Waals surface area contributed by atoms with Gasteiger partial charge in [0.05, 0.1) is 11.0 Å². The summed E-state index contributed by atoms with van der Waals surface area (Å²) in [6.07, 6.45) is 0. The number of hydrogen-bond donors (Lipinski definition) is 0. The number of fused-ring (bicyclic) bond motifs is 5. The van der Waals surface area contributed by atoms with Gasteiger partial charge in [-0.1, -0.05) is 48.5 Å². The lowest BCUT2D eigenvalue weighted by Crippen LogP contribution is -1.93. The molecule has 0 unspecified atom stereocenters. The van der Waals surface area contributed by atoms with E-state index in [9.17, 15) is 0 Å². The predicted octanol–water partition coefficient (Wildman–Crippen LogP) is 25.5. The number of para-hydroxylation sites is 2. The van der Waals surface area contributed by atoms with E-state index >= 15 is 0 Å². The largest absolute Gasteiger partial charge is 0.309 e. The Morgan fingerprint density at radius 1 is 0.275 bits per heavy atom. The fourth-order valence-electron chi connectivity index (χ4n) is 11.4. The summed E-state index contributed by atoms with van der Waals surface area (Å²) >= 11 is 19.5. The first-order valence-corrected chi connectivity index (χ1v) is 34.8. The molecule has 392 valence electrons. The van der Waals surface area contributed by atoms with Gasteiger partial charge in [-0.05, 0) is 198 Å². The summed E-state index contributed by atoms with van der Waals surface area (Å²) in [6, 6.07) is 55.6. The van der Waals surface area contributed by atoms with Crippen LogP contribution in [-0.2, 0) is 0 Å². The van der Waals surface area contributed by atoms with Crippen molar-refractivity contribution in [3.05, 3.63) is 194 Å². The van der Waals surface area contributed by atoms with Crippen molar-refractivity contribution >= 4 is 155 Å². The average Bonchev–Trinajstić information content (AvgIpc) is 4.45. The highest BCUT2D eigenvalue weighted by Crippen LogP contribution is 2.57. The normalized spacial score (nSPS) is 12.1. The zero-order chi connectivity index (χ0) is 54.4. The van der Waals surface area contributed by atoms with Crippen LogP contribution in [0.25, 0.3) is 138 Å². The quantitative estimate of drug-likeness (QED) is 0.129. The molecule has 80 heavy (non-hydrogen) atoms. The van der Waals surface area contributed by atoms with Gasteiger partial charge in [0.2, 0.25) is 0 Å². The summed E-state index contributed by atoms with van der Waals surface area (Å²) in [4.78, 5) is 24.5. The molecule has 0 atom stereocenters. The van der Waals surface area contributed by atoms with Gasteiger partial charge in [0.1, 0.15) is 0 Å². The van der Waals surface area contributed by atoms with Gasteiger partial charge in [0.25, 0.3) is 0 Å². The van der Waals surface area contributed by atoms with Crippen LogP contribution >= 0.6 is 113 Å². The van der Waals surface area contributed by atoms with Crippen molar-refractivity contribution in [2.24, 2.45) is 0 Å². The molecule has 0 aliphatic rings. The maximum atomic E-state index is 2.55. The fraction of sp³-hybridized carbons (Fsp3) is 0.130. The van der Waals surface area contributed by atoms with Crippen LogP contribution in [0.3, 0.4) is 0 Å². The van der Waals surface area contributed by atoms with Crippen LogP contribution in [0.2, 0.25) is 0 Å². The molecule has 0 N–H and O–H groups in total. The molecule has 0 bridgehead atoms. The summed E-state index contributed by atoms with van der Waals surface area (Å²) < 4.78 is 5.18. The van der Waals surface area contributed by atoms with E-state index in [1.54, 1.807) is 0 Å². The summed E-state index contributed by atoms with van der Waals surface area (Å²) in [5.74, 6) is 0. The Hall–Kier alpha value is -5.80.